The summed E-state index contributed by atoms with van der Waals surface area (Å²) >= 11 is 5.75. The van der Waals surface area contributed by atoms with Gasteiger partial charge in [-0.1, -0.05) is 17.7 Å². The summed E-state index contributed by atoms with van der Waals surface area (Å²) in [6.07, 6.45) is 2.96. The highest BCUT2D eigenvalue weighted by molar-refractivity contribution is 6.30. The van der Waals surface area contributed by atoms with Gasteiger partial charge in [0.25, 0.3) is 0 Å². The Bertz CT molecular complexity index is 606. The molecule has 0 heterocycles. The molecule has 0 aliphatic carbocycles. The fraction of sp³-hybridized carbons (Fsp3) is 0. The van der Waals surface area contributed by atoms with Gasteiger partial charge in [-0.15, -0.1) is 0 Å². The van der Waals surface area contributed by atoms with E-state index in [0.717, 1.165) is 0 Å². The molecule has 0 amide bonds. The Hall–Kier alpha value is -2.26. The van der Waals surface area contributed by atoms with E-state index in [2.05, 4.69) is 5.32 Å². The molecule has 19 heavy (non-hydrogen) atoms. The third kappa shape index (κ3) is 3.86. The maximum absolute atomic E-state index is 11.8. The third-order valence-corrected chi connectivity index (χ3v) is 2.71. The lowest BCUT2D eigenvalue weighted by atomic mass is 10.1. The molecular weight excluding hydrogens is 262 g/mol. The lowest BCUT2D eigenvalue weighted by molar-refractivity contribution is 0.104. The zero-order valence-corrected chi connectivity index (χ0v) is 10.8. The zero-order chi connectivity index (χ0) is 13.7. The number of phenolic OH excluding ortho intramolecular Hbond substituents is 1. The van der Waals surface area contributed by atoms with Crippen molar-refractivity contribution in [3.63, 3.8) is 0 Å². The summed E-state index contributed by atoms with van der Waals surface area (Å²) in [4.78, 5) is 11.8. The number of allylic oxidation sites excluding steroid dienone is 1. The van der Waals surface area contributed by atoms with Gasteiger partial charge in [-0.3, -0.25) is 4.79 Å². The first kappa shape index (κ1) is 13.2. The first-order valence-corrected chi connectivity index (χ1v) is 6.05. The predicted molar refractivity (Wildman–Crippen MR) is 76.7 cm³/mol. The first-order chi connectivity index (χ1) is 9.15. The number of ketones is 1. The number of hydrogen-bond acceptors (Lipinski definition) is 3. The minimum Gasteiger partial charge on any atom is -0.508 e. The second-order valence-corrected chi connectivity index (χ2v) is 4.34. The molecule has 0 aliphatic heterocycles. The van der Waals surface area contributed by atoms with Crippen LogP contribution in [0.25, 0.3) is 0 Å². The second kappa shape index (κ2) is 6.07. The average molecular weight is 274 g/mol. The number of carbonyl (C=O) groups excluding carboxylic acids is 1. The SMILES string of the molecule is O=C(/C=C\Nc1cccc(O)c1)c1ccc(Cl)cc1. The Morgan fingerprint density at radius 1 is 1.16 bits per heavy atom. The molecule has 3 nitrogen and oxygen atoms in total. The van der Waals surface area contributed by atoms with Gasteiger partial charge in [0.15, 0.2) is 5.78 Å². The molecule has 0 atom stereocenters. The largest absolute Gasteiger partial charge is 0.508 e. The fourth-order valence-electron chi connectivity index (χ4n) is 1.52. The molecule has 4 heteroatoms. The summed E-state index contributed by atoms with van der Waals surface area (Å²) in [6, 6.07) is 13.3. The van der Waals surface area contributed by atoms with E-state index < -0.39 is 0 Å². The molecule has 0 aromatic heterocycles. The predicted octanol–water partition coefficient (Wildman–Crippen LogP) is 3.85. The van der Waals surface area contributed by atoms with Crippen LogP contribution in [0.2, 0.25) is 5.02 Å². The van der Waals surface area contributed by atoms with Gasteiger partial charge >= 0.3 is 0 Å². The van der Waals surface area contributed by atoms with E-state index in [1.54, 1.807) is 48.5 Å². The van der Waals surface area contributed by atoms with Crippen LogP contribution in [0, 0.1) is 0 Å². The summed E-state index contributed by atoms with van der Waals surface area (Å²) in [5.74, 6) is 0.0479. The van der Waals surface area contributed by atoms with Gasteiger partial charge < -0.3 is 10.4 Å². The van der Waals surface area contributed by atoms with Crippen LogP contribution in [0.5, 0.6) is 5.75 Å². The molecule has 0 unspecified atom stereocenters. The number of benzene rings is 2. The summed E-state index contributed by atoms with van der Waals surface area (Å²) in [6.45, 7) is 0. The minimum atomic E-state index is -0.121. The van der Waals surface area contributed by atoms with Crippen LogP contribution in [-0.2, 0) is 0 Å². The molecule has 0 fully saturated rings. The van der Waals surface area contributed by atoms with E-state index in [-0.39, 0.29) is 11.5 Å². The van der Waals surface area contributed by atoms with Crippen LogP contribution in [0.3, 0.4) is 0 Å². The standard InChI is InChI=1S/C15H12ClNO2/c16-12-6-4-11(5-7-12)15(19)8-9-17-13-2-1-3-14(18)10-13/h1-10,17-18H/b9-8-. The van der Waals surface area contributed by atoms with Crippen LogP contribution < -0.4 is 5.32 Å². The Kier molecular flexibility index (Phi) is 4.21. The van der Waals surface area contributed by atoms with Crippen LogP contribution in [-0.4, -0.2) is 10.9 Å². The van der Waals surface area contributed by atoms with Crippen LogP contribution >= 0.6 is 11.6 Å². The van der Waals surface area contributed by atoms with E-state index in [9.17, 15) is 9.90 Å². The molecule has 0 aliphatic rings. The Morgan fingerprint density at radius 2 is 1.89 bits per heavy atom. The molecule has 0 saturated carbocycles. The third-order valence-electron chi connectivity index (χ3n) is 2.46. The highest BCUT2D eigenvalue weighted by Gasteiger charge is 2.00. The molecule has 2 aromatic carbocycles. The smallest absolute Gasteiger partial charge is 0.187 e. The van der Waals surface area contributed by atoms with Crippen molar-refractivity contribution in [2.24, 2.45) is 0 Å². The quantitative estimate of drug-likeness (QED) is 0.657. The molecule has 2 aromatic rings. The first-order valence-electron chi connectivity index (χ1n) is 5.67. The molecule has 0 radical (unpaired) electrons. The van der Waals surface area contributed by atoms with Gasteiger partial charge in [-0.05, 0) is 36.4 Å². The number of hydrogen-bond donors (Lipinski definition) is 2. The number of carbonyl (C=O) groups is 1. The number of nitrogens with one attached hydrogen (secondary N) is 1. The van der Waals surface area contributed by atoms with E-state index >= 15 is 0 Å². The minimum absolute atomic E-state index is 0.121. The number of halogens is 1. The van der Waals surface area contributed by atoms with Crippen molar-refractivity contribution in [1.29, 1.82) is 0 Å². The van der Waals surface area contributed by atoms with E-state index in [1.165, 1.54) is 12.3 Å². The van der Waals surface area contributed by atoms with Crippen molar-refractivity contribution in [1.82, 2.24) is 0 Å². The van der Waals surface area contributed by atoms with Gasteiger partial charge in [0.05, 0.1) is 0 Å². The lowest BCUT2D eigenvalue weighted by Gasteiger charge is -2.00. The summed E-state index contributed by atoms with van der Waals surface area (Å²) in [5.41, 5.74) is 1.28. The van der Waals surface area contributed by atoms with Gasteiger partial charge in [0.2, 0.25) is 0 Å². The molecule has 2 rings (SSSR count). The summed E-state index contributed by atoms with van der Waals surface area (Å²) < 4.78 is 0. The highest BCUT2D eigenvalue weighted by atomic mass is 35.5. The number of anilines is 1. The molecule has 2 N–H and O–H groups in total. The molecule has 0 spiro atoms. The number of aromatic hydroxyl groups is 1. The van der Waals surface area contributed by atoms with Gasteiger partial charge in [0, 0.05) is 34.6 Å². The molecule has 0 saturated heterocycles. The van der Waals surface area contributed by atoms with Crippen LogP contribution in [0.1, 0.15) is 10.4 Å². The van der Waals surface area contributed by atoms with Crippen LogP contribution in [0.4, 0.5) is 5.69 Å². The zero-order valence-electron chi connectivity index (χ0n) is 10.0. The van der Waals surface area contributed by atoms with Gasteiger partial charge in [0.1, 0.15) is 5.75 Å². The van der Waals surface area contributed by atoms with Crippen molar-refractivity contribution in [2.45, 2.75) is 0 Å². The molecular formula is C15H12ClNO2. The van der Waals surface area contributed by atoms with E-state index in [1.807, 2.05) is 0 Å². The summed E-state index contributed by atoms with van der Waals surface area (Å²) in [5, 5.41) is 12.8. The van der Waals surface area contributed by atoms with Crippen molar-refractivity contribution >= 4 is 23.1 Å². The Labute approximate surface area is 116 Å². The second-order valence-electron chi connectivity index (χ2n) is 3.90. The maximum atomic E-state index is 11.8. The fourth-order valence-corrected chi connectivity index (χ4v) is 1.65. The Balaban J connectivity index is 1.99. The van der Waals surface area contributed by atoms with Gasteiger partial charge in [-0.2, -0.15) is 0 Å². The number of phenols is 1. The number of rotatable bonds is 4. The van der Waals surface area contributed by atoms with Crippen LogP contribution in [0.15, 0.2) is 60.8 Å². The van der Waals surface area contributed by atoms with Crippen molar-refractivity contribution in [2.75, 3.05) is 5.32 Å². The average Bonchev–Trinajstić information content (AvgIpc) is 2.39. The maximum Gasteiger partial charge on any atom is 0.187 e. The Morgan fingerprint density at radius 3 is 2.58 bits per heavy atom. The molecule has 96 valence electrons. The highest BCUT2D eigenvalue weighted by Crippen LogP contribution is 2.15. The molecule has 0 bridgehead atoms. The normalized spacial score (nSPS) is 10.6. The van der Waals surface area contributed by atoms with Crippen molar-refractivity contribution < 1.29 is 9.90 Å². The van der Waals surface area contributed by atoms with Crippen molar-refractivity contribution in [3.8, 4) is 5.75 Å². The van der Waals surface area contributed by atoms with E-state index in [0.29, 0.717) is 16.3 Å². The van der Waals surface area contributed by atoms with E-state index in [4.69, 9.17) is 11.6 Å². The van der Waals surface area contributed by atoms with Gasteiger partial charge in [-0.25, -0.2) is 0 Å². The van der Waals surface area contributed by atoms with Crippen molar-refractivity contribution in [3.05, 3.63) is 71.4 Å². The topological polar surface area (TPSA) is 49.3 Å². The monoisotopic (exact) mass is 273 g/mol. The summed E-state index contributed by atoms with van der Waals surface area (Å²) in [7, 11) is 0. The lowest BCUT2D eigenvalue weighted by Crippen LogP contribution is -1.95.